The van der Waals surface area contributed by atoms with E-state index in [0.29, 0.717) is 11.4 Å². The maximum atomic E-state index is 11.9. The van der Waals surface area contributed by atoms with Gasteiger partial charge in [0.15, 0.2) is 9.84 Å². The summed E-state index contributed by atoms with van der Waals surface area (Å²) in [7, 11) is -3.20. The molecule has 94 valence electrons. The van der Waals surface area contributed by atoms with Gasteiger partial charge in [0.05, 0.1) is 10.6 Å². The Kier molecular flexibility index (Phi) is 3.39. The van der Waals surface area contributed by atoms with Gasteiger partial charge in [-0.1, -0.05) is 24.1 Å². The second-order valence-corrected chi connectivity index (χ2v) is 6.10. The van der Waals surface area contributed by atoms with Crippen LogP contribution in [0, 0.1) is 11.8 Å². The van der Waals surface area contributed by atoms with Crippen LogP contribution in [0.3, 0.4) is 0 Å². The van der Waals surface area contributed by atoms with Gasteiger partial charge < -0.3 is 5.32 Å². The fourth-order valence-electron chi connectivity index (χ4n) is 2.09. The van der Waals surface area contributed by atoms with E-state index < -0.39 is 9.84 Å². The molecule has 18 heavy (non-hydrogen) atoms. The van der Waals surface area contributed by atoms with Gasteiger partial charge in [0.2, 0.25) is 0 Å². The molecule has 0 aliphatic carbocycles. The van der Waals surface area contributed by atoms with Gasteiger partial charge in [-0.3, -0.25) is 4.79 Å². The lowest BCUT2D eigenvalue weighted by Gasteiger charge is -2.09. The average molecular weight is 263 g/mol. The Morgan fingerprint density at radius 1 is 1.44 bits per heavy atom. The van der Waals surface area contributed by atoms with Crippen LogP contribution in [0.2, 0.25) is 0 Å². The van der Waals surface area contributed by atoms with Crippen molar-refractivity contribution in [2.75, 3.05) is 12.3 Å². The van der Waals surface area contributed by atoms with Crippen LogP contribution in [0.25, 0.3) is 0 Å². The zero-order chi connectivity index (χ0) is 13.2. The van der Waals surface area contributed by atoms with E-state index in [2.05, 4.69) is 17.2 Å². The molecule has 0 spiro atoms. The lowest BCUT2D eigenvalue weighted by atomic mass is 10.0. The topological polar surface area (TPSA) is 63.2 Å². The van der Waals surface area contributed by atoms with Crippen molar-refractivity contribution in [3.8, 4) is 11.8 Å². The molecule has 0 bridgehead atoms. The van der Waals surface area contributed by atoms with Crippen LogP contribution < -0.4 is 5.32 Å². The third-order valence-corrected chi connectivity index (χ3v) is 4.75. The van der Waals surface area contributed by atoms with Gasteiger partial charge in [0.1, 0.15) is 0 Å². The predicted octanol–water partition coefficient (Wildman–Crippen LogP) is 0.697. The molecule has 1 atom stereocenters. The van der Waals surface area contributed by atoms with Gasteiger partial charge in [-0.25, -0.2) is 8.42 Å². The van der Waals surface area contributed by atoms with Gasteiger partial charge in [0.25, 0.3) is 5.91 Å². The average Bonchev–Trinajstić information content (AvgIpc) is 2.60. The highest BCUT2D eigenvalue weighted by atomic mass is 32.2. The number of amides is 1. The highest BCUT2D eigenvalue weighted by molar-refractivity contribution is 7.91. The number of benzene rings is 1. The molecule has 1 aromatic carbocycles. The zero-order valence-electron chi connectivity index (χ0n) is 9.93. The van der Waals surface area contributed by atoms with Crippen molar-refractivity contribution in [3.05, 3.63) is 29.8 Å². The van der Waals surface area contributed by atoms with E-state index in [1.54, 1.807) is 31.2 Å². The number of carbonyl (C=O) groups excluding carboxylic acids is 1. The smallest absolute Gasteiger partial charge is 0.295 e. The Balaban J connectivity index is 2.18. The largest absolute Gasteiger partial charge is 0.345 e. The number of hydrogen-bond donors (Lipinski definition) is 1. The highest BCUT2D eigenvalue weighted by Gasteiger charge is 2.34. The maximum absolute atomic E-state index is 11.9. The monoisotopic (exact) mass is 263 g/mol. The van der Waals surface area contributed by atoms with Crippen molar-refractivity contribution in [1.29, 1.82) is 0 Å². The molecular formula is C13H13NO3S. The Morgan fingerprint density at radius 3 is 2.89 bits per heavy atom. The van der Waals surface area contributed by atoms with Crippen LogP contribution >= 0.6 is 0 Å². The molecule has 1 amide bonds. The van der Waals surface area contributed by atoms with E-state index in [9.17, 15) is 13.2 Å². The van der Waals surface area contributed by atoms with E-state index in [1.165, 1.54) is 0 Å². The molecule has 1 aliphatic heterocycles. The predicted molar refractivity (Wildman–Crippen MR) is 67.7 cm³/mol. The molecule has 1 unspecified atom stereocenters. The quantitative estimate of drug-likeness (QED) is 0.799. The molecular weight excluding hydrogens is 250 g/mol. The van der Waals surface area contributed by atoms with E-state index >= 15 is 0 Å². The first-order chi connectivity index (χ1) is 8.54. The van der Waals surface area contributed by atoms with Gasteiger partial charge in [-0.05, 0) is 24.5 Å². The number of carbonyl (C=O) groups is 1. The summed E-state index contributed by atoms with van der Waals surface area (Å²) in [6.45, 7) is 1.87. The minimum atomic E-state index is -3.20. The summed E-state index contributed by atoms with van der Waals surface area (Å²) in [6.07, 6.45) is 0. The van der Waals surface area contributed by atoms with Crippen LogP contribution in [0.5, 0.6) is 0 Å². The van der Waals surface area contributed by atoms with E-state index in [-0.39, 0.29) is 17.6 Å². The first-order valence-corrected chi connectivity index (χ1v) is 7.22. The fraction of sp³-hybridized carbons (Fsp3) is 0.308. The minimum Gasteiger partial charge on any atom is -0.345 e. The van der Waals surface area contributed by atoms with E-state index in [1.807, 2.05) is 0 Å². The second kappa shape index (κ2) is 4.83. The molecule has 1 heterocycles. The maximum Gasteiger partial charge on any atom is 0.295 e. The van der Waals surface area contributed by atoms with Crippen molar-refractivity contribution >= 4 is 15.7 Å². The summed E-state index contributed by atoms with van der Waals surface area (Å²) in [4.78, 5) is 11.6. The summed E-state index contributed by atoms with van der Waals surface area (Å²) in [6, 6.07) is 6.92. The summed E-state index contributed by atoms with van der Waals surface area (Å²) >= 11 is 0. The van der Waals surface area contributed by atoms with Crippen LogP contribution in [0.4, 0.5) is 0 Å². The van der Waals surface area contributed by atoms with Gasteiger partial charge in [0, 0.05) is 12.5 Å². The van der Waals surface area contributed by atoms with Crippen LogP contribution in [0.1, 0.15) is 18.4 Å². The van der Waals surface area contributed by atoms with Gasteiger partial charge in [-0.2, -0.15) is 0 Å². The summed E-state index contributed by atoms with van der Waals surface area (Å²) in [5.41, 5.74) is 0.780. The normalized spacial score (nSPS) is 19.5. The molecule has 0 radical (unpaired) electrons. The molecule has 1 aromatic rings. The summed E-state index contributed by atoms with van der Waals surface area (Å²) in [5, 5.41) is 2.63. The number of nitrogens with one attached hydrogen (secondary N) is 1. The first kappa shape index (κ1) is 12.7. The van der Waals surface area contributed by atoms with Crippen molar-refractivity contribution < 1.29 is 13.2 Å². The molecule has 0 saturated carbocycles. The van der Waals surface area contributed by atoms with Crippen LogP contribution in [-0.2, 0) is 14.6 Å². The van der Waals surface area contributed by atoms with E-state index in [0.717, 1.165) is 5.56 Å². The summed E-state index contributed by atoms with van der Waals surface area (Å²) < 4.78 is 23.8. The Morgan fingerprint density at radius 2 is 2.17 bits per heavy atom. The van der Waals surface area contributed by atoms with Crippen molar-refractivity contribution in [3.63, 3.8) is 0 Å². The molecule has 1 N–H and O–H groups in total. The lowest BCUT2D eigenvalue weighted by molar-refractivity contribution is -0.115. The number of sulfone groups is 1. The third-order valence-electron chi connectivity index (χ3n) is 2.86. The first-order valence-electron chi connectivity index (χ1n) is 5.57. The van der Waals surface area contributed by atoms with Crippen molar-refractivity contribution in [2.45, 2.75) is 17.7 Å². The lowest BCUT2D eigenvalue weighted by Crippen LogP contribution is -2.27. The van der Waals surface area contributed by atoms with E-state index in [4.69, 9.17) is 0 Å². The SMILES string of the molecule is CC#CC(=O)NCC1CS(=O)(=O)c2ccccc21. The minimum absolute atomic E-state index is 0.0478. The number of hydrogen-bond acceptors (Lipinski definition) is 3. The Labute approximate surface area is 106 Å². The van der Waals surface area contributed by atoms with Crippen molar-refractivity contribution in [1.82, 2.24) is 5.32 Å². The standard InChI is InChI=1S/C13H13NO3S/c1-2-5-13(15)14-8-10-9-18(16,17)12-7-4-3-6-11(10)12/h3-4,6-7,10H,8-9H2,1H3,(H,14,15). The van der Waals surface area contributed by atoms with Crippen molar-refractivity contribution in [2.24, 2.45) is 0 Å². The molecule has 0 fully saturated rings. The van der Waals surface area contributed by atoms with Crippen LogP contribution in [0.15, 0.2) is 29.2 Å². The zero-order valence-corrected chi connectivity index (χ0v) is 10.8. The Hall–Kier alpha value is -1.80. The van der Waals surface area contributed by atoms with Gasteiger partial charge >= 0.3 is 0 Å². The highest BCUT2D eigenvalue weighted by Crippen LogP contribution is 2.34. The molecule has 5 heteroatoms. The number of fused-ring (bicyclic) bond motifs is 1. The summed E-state index contributed by atoms with van der Waals surface area (Å²) in [5.74, 6) is 4.35. The molecule has 2 rings (SSSR count). The number of rotatable bonds is 2. The van der Waals surface area contributed by atoms with Gasteiger partial charge in [-0.15, -0.1) is 0 Å². The fourth-order valence-corrected chi connectivity index (χ4v) is 3.97. The van der Waals surface area contributed by atoms with Crippen LogP contribution in [-0.4, -0.2) is 26.6 Å². The third kappa shape index (κ3) is 2.39. The molecule has 0 aromatic heterocycles. The Bertz CT molecular complexity index is 638. The second-order valence-electron chi connectivity index (χ2n) is 4.10. The molecule has 1 aliphatic rings. The molecule has 4 nitrogen and oxygen atoms in total. The molecule has 0 saturated heterocycles.